The van der Waals surface area contributed by atoms with Crippen molar-refractivity contribution in [2.24, 2.45) is 0 Å². The van der Waals surface area contributed by atoms with Gasteiger partial charge in [-0.3, -0.25) is 9.59 Å². The maximum absolute atomic E-state index is 12.0. The van der Waals surface area contributed by atoms with Crippen molar-refractivity contribution >= 4 is 23.3 Å². The minimum Gasteiger partial charge on any atom is -0.492 e. The molecule has 2 N–H and O–H groups in total. The number of amides is 1. The maximum Gasteiger partial charge on any atom is 0.303 e. The molecule has 0 bridgehead atoms. The molecule has 1 amide bonds. The molecule has 1 aliphatic rings. The van der Waals surface area contributed by atoms with Crippen LogP contribution in [0, 0.1) is 0 Å². The Labute approximate surface area is 153 Å². The zero-order valence-electron chi connectivity index (χ0n) is 15.2. The third-order valence-corrected chi connectivity index (χ3v) is 3.85. The van der Waals surface area contributed by atoms with E-state index in [9.17, 15) is 9.59 Å². The number of carboxylic acid groups (broad SMARTS) is 1. The summed E-state index contributed by atoms with van der Waals surface area (Å²) in [5, 5.41) is 11.5. The number of benzene rings is 1. The third kappa shape index (κ3) is 5.52. The second-order valence-electron chi connectivity index (χ2n) is 5.72. The Hall–Kier alpha value is -2.48. The van der Waals surface area contributed by atoms with Gasteiger partial charge in [0.1, 0.15) is 11.5 Å². The van der Waals surface area contributed by atoms with Gasteiger partial charge in [-0.05, 0) is 13.8 Å². The van der Waals surface area contributed by atoms with E-state index in [1.807, 2.05) is 19.9 Å². The van der Waals surface area contributed by atoms with Gasteiger partial charge in [0, 0.05) is 31.6 Å². The van der Waals surface area contributed by atoms with Crippen LogP contribution in [0.5, 0.6) is 11.5 Å². The first-order valence-electron chi connectivity index (χ1n) is 8.83. The van der Waals surface area contributed by atoms with Gasteiger partial charge in [-0.2, -0.15) is 0 Å². The summed E-state index contributed by atoms with van der Waals surface area (Å²) in [5.41, 5.74) is 1.37. The van der Waals surface area contributed by atoms with E-state index < -0.39 is 5.97 Å². The van der Waals surface area contributed by atoms with Crippen LogP contribution in [0.1, 0.15) is 26.7 Å². The van der Waals surface area contributed by atoms with Crippen molar-refractivity contribution in [2.75, 3.05) is 49.7 Å². The van der Waals surface area contributed by atoms with Crippen molar-refractivity contribution in [1.82, 2.24) is 0 Å². The normalized spacial score (nSPS) is 14.0. The molecule has 1 saturated heterocycles. The lowest BCUT2D eigenvalue weighted by molar-refractivity contribution is -0.138. The Morgan fingerprint density at radius 1 is 1.12 bits per heavy atom. The summed E-state index contributed by atoms with van der Waals surface area (Å²) in [6.45, 7) is 7.45. The molecule has 1 aliphatic heterocycles. The van der Waals surface area contributed by atoms with Gasteiger partial charge in [0.15, 0.2) is 0 Å². The quantitative estimate of drug-likeness (QED) is 0.691. The molecular formula is C18H26N2O6. The van der Waals surface area contributed by atoms with Gasteiger partial charge >= 0.3 is 5.97 Å². The van der Waals surface area contributed by atoms with E-state index in [0.717, 1.165) is 18.8 Å². The number of nitrogens with zero attached hydrogens (tertiary/aromatic N) is 1. The highest BCUT2D eigenvalue weighted by atomic mass is 16.5. The Balaban J connectivity index is 2.29. The average molecular weight is 366 g/mol. The number of carboxylic acids is 1. The van der Waals surface area contributed by atoms with Gasteiger partial charge in [-0.1, -0.05) is 0 Å². The first-order chi connectivity index (χ1) is 12.5. The summed E-state index contributed by atoms with van der Waals surface area (Å²) in [6, 6.07) is 3.59. The molecule has 0 spiro atoms. The number of nitrogens with one attached hydrogen (secondary N) is 1. The van der Waals surface area contributed by atoms with Gasteiger partial charge in [0.25, 0.3) is 0 Å². The highest BCUT2D eigenvalue weighted by Crippen LogP contribution is 2.39. The molecule has 0 radical (unpaired) electrons. The fourth-order valence-corrected chi connectivity index (χ4v) is 2.68. The van der Waals surface area contributed by atoms with Gasteiger partial charge < -0.3 is 29.5 Å². The van der Waals surface area contributed by atoms with Crippen LogP contribution in [0.2, 0.25) is 0 Å². The second-order valence-corrected chi connectivity index (χ2v) is 5.72. The number of rotatable bonds is 9. The van der Waals surface area contributed by atoms with Crippen molar-refractivity contribution in [2.45, 2.75) is 26.7 Å². The van der Waals surface area contributed by atoms with Crippen LogP contribution >= 0.6 is 0 Å². The topological polar surface area (TPSA) is 97.3 Å². The predicted molar refractivity (Wildman–Crippen MR) is 97.3 cm³/mol. The number of hydrogen-bond acceptors (Lipinski definition) is 6. The Morgan fingerprint density at radius 2 is 1.77 bits per heavy atom. The first kappa shape index (κ1) is 19.8. The molecule has 0 atom stereocenters. The van der Waals surface area contributed by atoms with Crippen LogP contribution in [0.4, 0.5) is 11.4 Å². The van der Waals surface area contributed by atoms with E-state index in [0.29, 0.717) is 43.6 Å². The Morgan fingerprint density at radius 3 is 2.38 bits per heavy atom. The average Bonchev–Trinajstić information content (AvgIpc) is 2.63. The lowest BCUT2D eigenvalue weighted by Gasteiger charge is -2.31. The minimum atomic E-state index is -1.01. The molecule has 26 heavy (non-hydrogen) atoms. The number of carbonyl (C=O) groups excluding carboxylic acids is 1. The SMILES string of the molecule is CCOc1cc(N2CCOCC2)c(OCC)cc1NC(=O)CCC(=O)O. The molecule has 1 heterocycles. The van der Waals surface area contributed by atoms with Gasteiger partial charge in [0.2, 0.25) is 5.91 Å². The molecule has 0 saturated carbocycles. The van der Waals surface area contributed by atoms with Crippen LogP contribution in [-0.2, 0) is 14.3 Å². The van der Waals surface area contributed by atoms with Gasteiger partial charge in [-0.25, -0.2) is 0 Å². The summed E-state index contributed by atoms with van der Waals surface area (Å²) in [4.78, 5) is 24.8. The molecular weight excluding hydrogens is 340 g/mol. The summed E-state index contributed by atoms with van der Waals surface area (Å²) in [6.07, 6.45) is -0.323. The summed E-state index contributed by atoms with van der Waals surface area (Å²) >= 11 is 0. The van der Waals surface area contributed by atoms with Crippen molar-refractivity contribution in [3.05, 3.63) is 12.1 Å². The summed E-state index contributed by atoms with van der Waals surface area (Å²) < 4.78 is 16.8. The first-order valence-corrected chi connectivity index (χ1v) is 8.83. The highest BCUT2D eigenvalue weighted by molar-refractivity contribution is 5.94. The van der Waals surface area contributed by atoms with Crippen LogP contribution in [0.25, 0.3) is 0 Å². The van der Waals surface area contributed by atoms with Crippen molar-refractivity contribution < 1.29 is 28.9 Å². The van der Waals surface area contributed by atoms with E-state index in [-0.39, 0.29) is 18.7 Å². The summed E-state index contributed by atoms with van der Waals surface area (Å²) in [7, 11) is 0. The molecule has 8 heteroatoms. The number of ether oxygens (including phenoxy) is 3. The molecule has 8 nitrogen and oxygen atoms in total. The molecule has 1 aromatic rings. The van der Waals surface area contributed by atoms with Crippen LogP contribution in [0.3, 0.4) is 0 Å². The fourth-order valence-electron chi connectivity index (χ4n) is 2.68. The Bertz CT molecular complexity index is 628. The van der Waals surface area contributed by atoms with E-state index in [1.54, 1.807) is 6.07 Å². The van der Waals surface area contributed by atoms with Gasteiger partial charge in [-0.15, -0.1) is 0 Å². The maximum atomic E-state index is 12.0. The molecule has 0 unspecified atom stereocenters. The summed E-state index contributed by atoms with van der Waals surface area (Å²) in [5.74, 6) is -0.217. The smallest absolute Gasteiger partial charge is 0.303 e. The zero-order valence-corrected chi connectivity index (χ0v) is 15.2. The number of carbonyl (C=O) groups is 2. The van der Waals surface area contributed by atoms with Crippen LogP contribution < -0.4 is 19.7 Å². The van der Waals surface area contributed by atoms with E-state index in [4.69, 9.17) is 19.3 Å². The molecule has 2 rings (SSSR count). The molecule has 0 aromatic heterocycles. The molecule has 144 valence electrons. The second kappa shape index (κ2) is 9.86. The number of aliphatic carboxylic acids is 1. The molecule has 0 aliphatic carbocycles. The lowest BCUT2D eigenvalue weighted by Crippen LogP contribution is -2.36. The predicted octanol–water partition coefficient (Wildman–Crippen LogP) is 2.12. The largest absolute Gasteiger partial charge is 0.492 e. The standard InChI is InChI=1S/C18H26N2O6/c1-3-25-15-12-14(20-7-9-24-10-8-20)16(26-4-2)11-13(15)19-17(21)5-6-18(22)23/h11-12H,3-10H2,1-2H3,(H,19,21)(H,22,23). The molecule has 1 fully saturated rings. The van der Waals surface area contributed by atoms with Crippen LogP contribution in [-0.4, -0.2) is 56.5 Å². The number of anilines is 2. The monoisotopic (exact) mass is 366 g/mol. The fraction of sp³-hybridized carbons (Fsp3) is 0.556. The van der Waals surface area contributed by atoms with Crippen molar-refractivity contribution in [1.29, 1.82) is 0 Å². The number of morpholine rings is 1. The minimum absolute atomic E-state index is 0.101. The lowest BCUT2D eigenvalue weighted by atomic mass is 10.2. The van der Waals surface area contributed by atoms with E-state index >= 15 is 0 Å². The highest BCUT2D eigenvalue weighted by Gasteiger charge is 2.20. The third-order valence-electron chi connectivity index (χ3n) is 3.85. The molecule has 1 aromatic carbocycles. The van der Waals surface area contributed by atoms with Crippen molar-refractivity contribution in [3.8, 4) is 11.5 Å². The number of hydrogen-bond donors (Lipinski definition) is 2. The van der Waals surface area contributed by atoms with Crippen LogP contribution in [0.15, 0.2) is 12.1 Å². The Kier molecular flexibility index (Phi) is 7.53. The van der Waals surface area contributed by atoms with E-state index in [1.165, 1.54) is 0 Å². The van der Waals surface area contributed by atoms with Crippen molar-refractivity contribution in [3.63, 3.8) is 0 Å². The van der Waals surface area contributed by atoms with E-state index in [2.05, 4.69) is 10.2 Å². The van der Waals surface area contributed by atoms with Gasteiger partial charge in [0.05, 0.1) is 44.2 Å². The zero-order chi connectivity index (χ0) is 18.9.